The number of aromatic nitrogens is 1. The SMILES string of the molecule is CC(=O)NC(C)c1ccc(-c2csc(NC(=O)c3ccc(F)cc3F)n2)cc1. The number of nitrogens with one attached hydrogen (secondary N) is 2. The molecule has 1 aromatic heterocycles. The second-order valence-electron chi connectivity index (χ2n) is 6.16. The van der Waals surface area contributed by atoms with Gasteiger partial charge in [0, 0.05) is 23.9 Å². The summed E-state index contributed by atoms with van der Waals surface area (Å²) in [6.07, 6.45) is 0. The van der Waals surface area contributed by atoms with E-state index >= 15 is 0 Å². The topological polar surface area (TPSA) is 71.1 Å². The van der Waals surface area contributed by atoms with Gasteiger partial charge >= 0.3 is 0 Å². The molecule has 0 spiro atoms. The summed E-state index contributed by atoms with van der Waals surface area (Å²) in [6.45, 7) is 3.36. The number of anilines is 1. The average molecular weight is 401 g/mol. The molecule has 28 heavy (non-hydrogen) atoms. The molecule has 1 atom stereocenters. The molecule has 2 N–H and O–H groups in total. The Morgan fingerprint density at radius 2 is 1.82 bits per heavy atom. The van der Waals surface area contributed by atoms with E-state index in [-0.39, 0.29) is 17.5 Å². The first-order chi connectivity index (χ1) is 13.3. The molecule has 0 bridgehead atoms. The third kappa shape index (κ3) is 4.58. The third-order valence-electron chi connectivity index (χ3n) is 4.03. The summed E-state index contributed by atoms with van der Waals surface area (Å²) in [6, 6.07) is 10.2. The second-order valence-corrected chi connectivity index (χ2v) is 7.02. The Morgan fingerprint density at radius 1 is 1.11 bits per heavy atom. The van der Waals surface area contributed by atoms with Crippen molar-refractivity contribution in [1.29, 1.82) is 0 Å². The predicted octanol–water partition coefficient (Wildman–Crippen LogP) is 4.54. The van der Waals surface area contributed by atoms with Crippen molar-refractivity contribution in [1.82, 2.24) is 10.3 Å². The molecule has 8 heteroatoms. The summed E-state index contributed by atoms with van der Waals surface area (Å²) in [5.74, 6) is -2.48. The van der Waals surface area contributed by atoms with E-state index in [1.54, 1.807) is 5.38 Å². The third-order valence-corrected chi connectivity index (χ3v) is 4.78. The minimum Gasteiger partial charge on any atom is -0.350 e. The van der Waals surface area contributed by atoms with Crippen LogP contribution in [-0.4, -0.2) is 16.8 Å². The van der Waals surface area contributed by atoms with Gasteiger partial charge in [-0.1, -0.05) is 24.3 Å². The lowest BCUT2D eigenvalue weighted by molar-refractivity contribution is -0.119. The molecule has 0 aliphatic heterocycles. The molecule has 0 aliphatic carbocycles. The fourth-order valence-electron chi connectivity index (χ4n) is 2.63. The maximum absolute atomic E-state index is 13.7. The number of nitrogens with zero attached hydrogens (tertiary/aromatic N) is 1. The quantitative estimate of drug-likeness (QED) is 0.660. The molecule has 5 nitrogen and oxygen atoms in total. The van der Waals surface area contributed by atoms with Crippen LogP contribution in [0.1, 0.15) is 35.8 Å². The van der Waals surface area contributed by atoms with Crippen molar-refractivity contribution in [3.8, 4) is 11.3 Å². The van der Waals surface area contributed by atoms with Crippen LogP contribution in [0.2, 0.25) is 0 Å². The Bertz CT molecular complexity index is 1020. The number of hydrogen-bond donors (Lipinski definition) is 2. The first kappa shape index (κ1) is 19.6. The first-order valence-electron chi connectivity index (χ1n) is 8.43. The number of carbonyl (C=O) groups is 2. The van der Waals surface area contributed by atoms with Crippen LogP contribution in [0.5, 0.6) is 0 Å². The highest BCUT2D eigenvalue weighted by molar-refractivity contribution is 7.14. The maximum Gasteiger partial charge on any atom is 0.260 e. The summed E-state index contributed by atoms with van der Waals surface area (Å²) >= 11 is 1.20. The molecule has 0 saturated heterocycles. The van der Waals surface area contributed by atoms with Crippen LogP contribution in [0.25, 0.3) is 11.3 Å². The van der Waals surface area contributed by atoms with E-state index in [2.05, 4.69) is 15.6 Å². The Balaban J connectivity index is 1.71. The molecule has 1 heterocycles. The number of hydrogen-bond acceptors (Lipinski definition) is 4. The Hall–Kier alpha value is -3.13. The molecule has 1 unspecified atom stereocenters. The Morgan fingerprint density at radius 3 is 2.46 bits per heavy atom. The zero-order valence-electron chi connectivity index (χ0n) is 15.1. The average Bonchev–Trinajstić information content (AvgIpc) is 3.09. The molecule has 0 fully saturated rings. The van der Waals surface area contributed by atoms with E-state index in [9.17, 15) is 18.4 Å². The largest absolute Gasteiger partial charge is 0.350 e. The molecule has 2 amide bonds. The number of carbonyl (C=O) groups excluding carboxylic acids is 2. The Kier molecular flexibility index (Phi) is 5.79. The number of amides is 2. The van der Waals surface area contributed by atoms with E-state index in [0.717, 1.165) is 23.3 Å². The van der Waals surface area contributed by atoms with Crippen LogP contribution in [-0.2, 0) is 4.79 Å². The molecule has 0 radical (unpaired) electrons. The molecule has 2 aromatic carbocycles. The van der Waals surface area contributed by atoms with Gasteiger partial charge in [-0.15, -0.1) is 11.3 Å². The van der Waals surface area contributed by atoms with Gasteiger partial charge in [-0.2, -0.15) is 0 Å². The van der Waals surface area contributed by atoms with Crippen LogP contribution < -0.4 is 10.6 Å². The van der Waals surface area contributed by atoms with Crippen LogP contribution in [0.3, 0.4) is 0 Å². The first-order valence-corrected chi connectivity index (χ1v) is 9.31. The Labute approximate surface area is 164 Å². The summed E-state index contributed by atoms with van der Waals surface area (Å²) in [5.41, 5.74) is 2.19. The van der Waals surface area contributed by atoms with Crippen molar-refractivity contribution < 1.29 is 18.4 Å². The van der Waals surface area contributed by atoms with Crippen molar-refractivity contribution in [3.05, 3.63) is 70.6 Å². The highest BCUT2D eigenvalue weighted by Crippen LogP contribution is 2.26. The van der Waals surface area contributed by atoms with Crippen molar-refractivity contribution in [2.75, 3.05) is 5.32 Å². The maximum atomic E-state index is 13.7. The zero-order valence-corrected chi connectivity index (χ0v) is 15.9. The van der Waals surface area contributed by atoms with Crippen LogP contribution in [0.4, 0.5) is 13.9 Å². The monoisotopic (exact) mass is 401 g/mol. The summed E-state index contributed by atoms with van der Waals surface area (Å²) in [7, 11) is 0. The fraction of sp³-hybridized carbons (Fsp3) is 0.150. The van der Waals surface area contributed by atoms with Crippen molar-refractivity contribution in [2.45, 2.75) is 19.9 Å². The number of thiazole rings is 1. The normalized spacial score (nSPS) is 11.7. The zero-order chi connectivity index (χ0) is 20.3. The molecule has 0 aliphatic rings. The molecule has 3 rings (SSSR count). The van der Waals surface area contributed by atoms with Gasteiger partial charge in [-0.3, -0.25) is 14.9 Å². The summed E-state index contributed by atoms with van der Waals surface area (Å²) in [4.78, 5) is 27.6. The molecule has 0 saturated carbocycles. The minimum atomic E-state index is -0.932. The van der Waals surface area contributed by atoms with E-state index in [0.29, 0.717) is 16.9 Å². The number of rotatable bonds is 5. The van der Waals surface area contributed by atoms with Gasteiger partial charge in [0.15, 0.2) is 5.13 Å². The van der Waals surface area contributed by atoms with E-state index in [4.69, 9.17) is 0 Å². The lowest BCUT2D eigenvalue weighted by atomic mass is 10.1. The number of halogens is 2. The smallest absolute Gasteiger partial charge is 0.260 e. The van der Waals surface area contributed by atoms with Gasteiger partial charge in [-0.05, 0) is 24.6 Å². The number of benzene rings is 2. The lowest BCUT2D eigenvalue weighted by Gasteiger charge is -2.13. The minimum absolute atomic E-state index is 0.103. The highest BCUT2D eigenvalue weighted by atomic mass is 32.1. The van der Waals surface area contributed by atoms with Crippen LogP contribution >= 0.6 is 11.3 Å². The van der Waals surface area contributed by atoms with E-state index in [1.807, 2.05) is 31.2 Å². The standard InChI is InChI=1S/C20H17F2N3O2S/c1-11(23-12(2)26)13-3-5-14(6-4-13)18-10-28-20(24-18)25-19(27)16-8-7-15(21)9-17(16)22/h3-11H,1-2H3,(H,23,26)(H,24,25,27). The molecule has 144 valence electrons. The van der Waals surface area contributed by atoms with E-state index in [1.165, 1.54) is 18.3 Å². The summed E-state index contributed by atoms with van der Waals surface area (Å²) < 4.78 is 26.7. The van der Waals surface area contributed by atoms with Gasteiger partial charge in [-0.25, -0.2) is 13.8 Å². The van der Waals surface area contributed by atoms with Gasteiger partial charge in [0.25, 0.3) is 5.91 Å². The summed E-state index contributed by atoms with van der Waals surface area (Å²) in [5, 5.41) is 7.40. The molecular formula is C20H17F2N3O2S. The van der Waals surface area contributed by atoms with Gasteiger partial charge in [0.1, 0.15) is 11.6 Å². The van der Waals surface area contributed by atoms with Crippen molar-refractivity contribution in [2.24, 2.45) is 0 Å². The highest BCUT2D eigenvalue weighted by Gasteiger charge is 2.15. The van der Waals surface area contributed by atoms with Crippen molar-refractivity contribution >= 4 is 28.3 Å². The fourth-order valence-corrected chi connectivity index (χ4v) is 3.35. The van der Waals surface area contributed by atoms with Gasteiger partial charge < -0.3 is 5.32 Å². The molecular weight excluding hydrogens is 384 g/mol. The van der Waals surface area contributed by atoms with Crippen LogP contribution in [0, 0.1) is 11.6 Å². The molecule has 3 aromatic rings. The van der Waals surface area contributed by atoms with Gasteiger partial charge in [0.05, 0.1) is 17.3 Å². The van der Waals surface area contributed by atoms with E-state index < -0.39 is 17.5 Å². The van der Waals surface area contributed by atoms with Crippen LogP contribution in [0.15, 0.2) is 47.8 Å². The second kappa shape index (κ2) is 8.26. The predicted molar refractivity (Wildman–Crippen MR) is 104 cm³/mol. The lowest BCUT2D eigenvalue weighted by Crippen LogP contribution is -2.23. The van der Waals surface area contributed by atoms with Gasteiger partial charge in [0.2, 0.25) is 5.91 Å². The van der Waals surface area contributed by atoms with Crippen molar-refractivity contribution in [3.63, 3.8) is 0 Å².